The summed E-state index contributed by atoms with van der Waals surface area (Å²) in [6, 6.07) is 1.58. The standard InChI is InChI=1S/C19H24F3N3O4/c1-17(2,3)29-16(28)24-7-4-18(5-8-24)6-9-25(15(18)27)14-11-12(26)10-13(23-14)19(20,21)22/h10-11H,4-9H2,1-3H3,(H,23,26). The van der Waals surface area contributed by atoms with E-state index in [2.05, 4.69) is 4.98 Å². The normalized spacial score (nSPS) is 19.7. The fourth-order valence-corrected chi connectivity index (χ4v) is 3.73. The van der Waals surface area contributed by atoms with Crippen LogP contribution >= 0.6 is 0 Å². The van der Waals surface area contributed by atoms with Crippen LogP contribution in [0, 0.1) is 5.41 Å². The van der Waals surface area contributed by atoms with Crippen LogP contribution in [0.2, 0.25) is 0 Å². The third-order valence-electron chi connectivity index (χ3n) is 5.25. The molecule has 2 fully saturated rings. The molecule has 2 saturated heterocycles. The second-order valence-electron chi connectivity index (χ2n) is 8.52. The number of hydrogen-bond donors (Lipinski definition) is 1. The van der Waals surface area contributed by atoms with Gasteiger partial charge in [0.2, 0.25) is 5.91 Å². The third kappa shape index (κ3) is 4.40. The van der Waals surface area contributed by atoms with E-state index in [1.54, 1.807) is 25.7 Å². The molecule has 0 aromatic carbocycles. The largest absolute Gasteiger partial charge is 0.508 e. The molecule has 0 bridgehead atoms. The van der Waals surface area contributed by atoms with Gasteiger partial charge in [-0.3, -0.25) is 9.69 Å². The summed E-state index contributed by atoms with van der Waals surface area (Å²) in [5.74, 6) is -1.14. The van der Waals surface area contributed by atoms with Crippen molar-refractivity contribution in [2.24, 2.45) is 5.41 Å². The number of likely N-dealkylation sites (tertiary alicyclic amines) is 1. The molecule has 160 valence electrons. The highest BCUT2D eigenvalue weighted by atomic mass is 19.4. The molecule has 1 N–H and O–H groups in total. The lowest BCUT2D eigenvalue weighted by Gasteiger charge is -2.38. The number of amides is 2. The molecule has 3 rings (SSSR count). The number of carbonyl (C=O) groups excluding carboxylic acids is 2. The number of carbonyl (C=O) groups is 2. The molecule has 0 radical (unpaired) electrons. The Morgan fingerprint density at radius 1 is 1.14 bits per heavy atom. The Morgan fingerprint density at radius 3 is 2.28 bits per heavy atom. The van der Waals surface area contributed by atoms with Gasteiger partial charge in [0, 0.05) is 31.8 Å². The van der Waals surface area contributed by atoms with Gasteiger partial charge >= 0.3 is 12.3 Å². The third-order valence-corrected chi connectivity index (χ3v) is 5.25. The van der Waals surface area contributed by atoms with E-state index in [9.17, 15) is 27.9 Å². The molecule has 7 nitrogen and oxygen atoms in total. The molecule has 0 aliphatic carbocycles. The lowest BCUT2D eigenvalue weighted by Crippen LogP contribution is -2.48. The second kappa shape index (κ2) is 7.07. The molecular weight excluding hydrogens is 391 g/mol. The number of aromatic nitrogens is 1. The number of rotatable bonds is 1. The number of aromatic hydroxyl groups is 1. The van der Waals surface area contributed by atoms with E-state index >= 15 is 0 Å². The van der Waals surface area contributed by atoms with Gasteiger partial charge in [0.05, 0.1) is 5.41 Å². The summed E-state index contributed by atoms with van der Waals surface area (Å²) in [5.41, 5.74) is -2.62. The van der Waals surface area contributed by atoms with Gasteiger partial charge in [-0.2, -0.15) is 13.2 Å². The highest BCUT2D eigenvalue weighted by Crippen LogP contribution is 2.44. The predicted octanol–water partition coefficient (Wildman–Crippen LogP) is 3.56. The molecule has 10 heteroatoms. The summed E-state index contributed by atoms with van der Waals surface area (Å²) in [5, 5.41) is 9.66. The van der Waals surface area contributed by atoms with Crippen molar-refractivity contribution >= 4 is 17.8 Å². The van der Waals surface area contributed by atoms with Crippen molar-refractivity contribution in [3.8, 4) is 5.75 Å². The Bertz CT molecular complexity index is 812. The molecule has 3 heterocycles. The molecule has 2 aliphatic rings. The molecule has 1 aromatic rings. The van der Waals surface area contributed by atoms with E-state index in [0.717, 1.165) is 6.07 Å². The van der Waals surface area contributed by atoms with Crippen molar-refractivity contribution in [1.29, 1.82) is 0 Å². The van der Waals surface area contributed by atoms with Gasteiger partial charge < -0.3 is 14.7 Å². The Balaban J connectivity index is 1.73. The van der Waals surface area contributed by atoms with Crippen LogP contribution in [-0.2, 0) is 15.7 Å². The minimum atomic E-state index is -4.73. The molecular formula is C19H24F3N3O4. The fourth-order valence-electron chi connectivity index (χ4n) is 3.73. The maximum absolute atomic E-state index is 13.0. The molecule has 0 unspecified atom stereocenters. The van der Waals surface area contributed by atoms with Gasteiger partial charge in [0.25, 0.3) is 0 Å². The lowest BCUT2D eigenvalue weighted by atomic mass is 9.77. The first-order chi connectivity index (χ1) is 13.3. The van der Waals surface area contributed by atoms with Gasteiger partial charge in [0.1, 0.15) is 17.2 Å². The maximum Gasteiger partial charge on any atom is 0.433 e. The lowest BCUT2D eigenvalue weighted by molar-refractivity contribution is -0.141. The number of piperidine rings is 1. The number of alkyl halides is 3. The van der Waals surface area contributed by atoms with Gasteiger partial charge in [-0.05, 0) is 40.0 Å². The van der Waals surface area contributed by atoms with Crippen molar-refractivity contribution in [3.05, 3.63) is 17.8 Å². The molecule has 1 aromatic heterocycles. The van der Waals surface area contributed by atoms with Crippen molar-refractivity contribution in [3.63, 3.8) is 0 Å². The van der Waals surface area contributed by atoms with Crippen LogP contribution < -0.4 is 4.90 Å². The van der Waals surface area contributed by atoms with Crippen molar-refractivity contribution < 1.29 is 32.6 Å². The van der Waals surface area contributed by atoms with E-state index in [1.165, 1.54) is 4.90 Å². The monoisotopic (exact) mass is 415 g/mol. The molecule has 1 spiro atoms. The molecule has 0 atom stereocenters. The SMILES string of the molecule is CC(C)(C)OC(=O)N1CCC2(CC1)CCN(c1cc(O)cc(C(F)(F)F)n1)C2=O. The highest BCUT2D eigenvalue weighted by Gasteiger charge is 2.50. The van der Waals surface area contributed by atoms with Gasteiger partial charge in [0.15, 0.2) is 5.69 Å². The smallest absolute Gasteiger partial charge is 0.433 e. The first-order valence-corrected chi connectivity index (χ1v) is 9.39. The van der Waals surface area contributed by atoms with Gasteiger partial charge in [-0.15, -0.1) is 0 Å². The van der Waals surface area contributed by atoms with Crippen LogP contribution in [0.5, 0.6) is 5.75 Å². The maximum atomic E-state index is 13.0. The Morgan fingerprint density at radius 2 is 1.72 bits per heavy atom. The number of halogens is 3. The Kier molecular flexibility index (Phi) is 5.17. The summed E-state index contributed by atoms with van der Waals surface area (Å²) in [6.07, 6.45) is -3.93. The van der Waals surface area contributed by atoms with Gasteiger partial charge in [-0.1, -0.05) is 0 Å². The molecule has 2 aliphatic heterocycles. The van der Waals surface area contributed by atoms with E-state index in [-0.39, 0.29) is 18.3 Å². The summed E-state index contributed by atoms with van der Waals surface area (Å²) in [4.78, 5) is 31.5. The first-order valence-electron chi connectivity index (χ1n) is 9.39. The van der Waals surface area contributed by atoms with E-state index in [4.69, 9.17) is 4.74 Å². The molecule has 29 heavy (non-hydrogen) atoms. The molecule has 0 saturated carbocycles. The number of pyridine rings is 1. The van der Waals surface area contributed by atoms with Crippen molar-refractivity contribution in [2.75, 3.05) is 24.5 Å². The van der Waals surface area contributed by atoms with Crippen LogP contribution in [0.4, 0.5) is 23.8 Å². The number of anilines is 1. The Labute approximate surface area is 166 Å². The summed E-state index contributed by atoms with van der Waals surface area (Å²) < 4.78 is 44.3. The molecule has 2 amide bonds. The van der Waals surface area contributed by atoms with Crippen LogP contribution in [0.1, 0.15) is 45.7 Å². The quantitative estimate of drug-likeness (QED) is 0.758. The van der Waals surface area contributed by atoms with Gasteiger partial charge in [-0.25, -0.2) is 9.78 Å². The fraction of sp³-hybridized carbons (Fsp3) is 0.632. The number of ether oxygens (including phenoxy) is 1. The zero-order chi connectivity index (χ0) is 21.6. The average Bonchev–Trinajstić information content (AvgIpc) is 2.89. The number of hydrogen-bond acceptors (Lipinski definition) is 5. The summed E-state index contributed by atoms with van der Waals surface area (Å²) in [6.45, 7) is 6.18. The van der Waals surface area contributed by atoms with Crippen LogP contribution in [0.15, 0.2) is 12.1 Å². The van der Waals surface area contributed by atoms with Crippen LogP contribution in [-0.4, -0.2) is 52.2 Å². The zero-order valence-electron chi connectivity index (χ0n) is 16.5. The van der Waals surface area contributed by atoms with E-state index in [0.29, 0.717) is 38.4 Å². The van der Waals surface area contributed by atoms with Crippen LogP contribution in [0.3, 0.4) is 0 Å². The minimum Gasteiger partial charge on any atom is -0.508 e. The highest BCUT2D eigenvalue weighted by molar-refractivity contribution is 5.99. The van der Waals surface area contributed by atoms with Crippen molar-refractivity contribution in [2.45, 2.75) is 51.8 Å². The average molecular weight is 415 g/mol. The summed E-state index contributed by atoms with van der Waals surface area (Å²) >= 11 is 0. The topological polar surface area (TPSA) is 83.0 Å². The number of nitrogens with zero attached hydrogens (tertiary/aromatic N) is 3. The Hall–Kier alpha value is -2.52. The van der Waals surface area contributed by atoms with Crippen molar-refractivity contribution in [1.82, 2.24) is 9.88 Å². The van der Waals surface area contributed by atoms with E-state index in [1.807, 2.05) is 0 Å². The second-order valence-corrected chi connectivity index (χ2v) is 8.52. The van der Waals surface area contributed by atoms with E-state index < -0.39 is 34.7 Å². The zero-order valence-corrected chi connectivity index (χ0v) is 16.5. The summed E-state index contributed by atoms with van der Waals surface area (Å²) in [7, 11) is 0. The minimum absolute atomic E-state index is 0.207. The van der Waals surface area contributed by atoms with Crippen LogP contribution in [0.25, 0.3) is 0 Å². The predicted molar refractivity (Wildman–Crippen MR) is 97.3 cm³/mol. The first kappa shape index (κ1) is 21.2.